The molecule has 2 atom stereocenters. The topological polar surface area (TPSA) is 15.3 Å². The van der Waals surface area contributed by atoms with Gasteiger partial charge in [0.1, 0.15) is 0 Å². The van der Waals surface area contributed by atoms with E-state index < -0.39 is 0 Å². The summed E-state index contributed by atoms with van der Waals surface area (Å²) >= 11 is 0. The van der Waals surface area contributed by atoms with Crippen molar-refractivity contribution in [2.45, 2.75) is 44.7 Å². The molecule has 0 aliphatic carbocycles. The van der Waals surface area contributed by atoms with E-state index in [1.807, 2.05) is 0 Å². The first-order valence-corrected chi connectivity index (χ1v) is 7.80. The molecule has 112 valence electrons. The molecule has 1 aromatic carbocycles. The van der Waals surface area contributed by atoms with E-state index in [2.05, 4.69) is 54.4 Å². The van der Waals surface area contributed by atoms with Gasteiger partial charge in [-0.3, -0.25) is 9.29 Å². The number of halogens is 1. The van der Waals surface area contributed by atoms with E-state index in [4.69, 9.17) is 0 Å². The summed E-state index contributed by atoms with van der Waals surface area (Å²) in [6.07, 6.45) is 3.01. The third-order valence-corrected chi connectivity index (χ3v) is 4.38. The predicted octanol–water partition coefficient (Wildman–Crippen LogP) is 3.34. The van der Waals surface area contributed by atoms with Crippen LogP contribution in [0.25, 0.3) is 0 Å². The minimum Gasteiger partial charge on any atom is -0.305 e. The van der Waals surface area contributed by atoms with Crippen LogP contribution < -0.4 is 5.32 Å². The Balaban J connectivity index is 2.10. The van der Waals surface area contributed by atoms with Crippen LogP contribution >= 0.6 is 0 Å². The van der Waals surface area contributed by atoms with Crippen molar-refractivity contribution in [2.75, 3.05) is 26.3 Å². The molecule has 1 N–H and O–H groups in total. The summed E-state index contributed by atoms with van der Waals surface area (Å²) in [6, 6.07) is 11.1. The second-order valence-electron chi connectivity index (χ2n) is 6.03. The van der Waals surface area contributed by atoms with Gasteiger partial charge in [0.2, 0.25) is 0 Å². The van der Waals surface area contributed by atoms with E-state index in [0.29, 0.717) is 12.5 Å². The van der Waals surface area contributed by atoms with Crippen LogP contribution in [-0.4, -0.2) is 37.3 Å². The first-order valence-electron chi connectivity index (χ1n) is 7.80. The smallest absolute Gasteiger partial charge is 0.0906 e. The van der Waals surface area contributed by atoms with Crippen molar-refractivity contribution in [1.29, 1.82) is 0 Å². The molecule has 0 saturated carbocycles. The number of nitrogens with zero attached hydrogens (tertiary/aromatic N) is 1. The second kappa shape index (κ2) is 7.19. The van der Waals surface area contributed by atoms with Gasteiger partial charge in [0.05, 0.1) is 12.2 Å². The van der Waals surface area contributed by atoms with E-state index in [-0.39, 0.29) is 12.2 Å². The molecule has 1 fully saturated rings. The van der Waals surface area contributed by atoms with E-state index in [0.717, 1.165) is 19.6 Å². The maximum atomic E-state index is 12.5. The van der Waals surface area contributed by atoms with Gasteiger partial charge < -0.3 is 5.32 Å². The highest BCUT2D eigenvalue weighted by Gasteiger charge is 2.36. The minimum absolute atomic E-state index is 0.0260. The van der Waals surface area contributed by atoms with Crippen LogP contribution in [0.2, 0.25) is 0 Å². The van der Waals surface area contributed by atoms with Gasteiger partial charge in [0, 0.05) is 25.7 Å². The average molecular weight is 278 g/mol. The Hall–Kier alpha value is -0.930. The molecule has 1 aromatic rings. The zero-order valence-corrected chi connectivity index (χ0v) is 12.7. The summed E-state index contributed by atoms with van der Waals surface area (Å²) in [6.45, 7) is 7.08. The van der Waals surface area contributed by atoms with Crippen LogP contribution in [-0.2, 0) is 5.54 Å². The molecular weight excluding hydrogens is 251 g/mol. The highest BCUT2D eigenvalue weighted by Crippen LogP contribution is 2.27. The number of alkyl halides is 1. The Morgan fingerprint density at radius 1 is 1.35 bits per heavy atom. The molecule has 0 spiro atoms. The number of hydrogen-bond acceptors (Lipinski definition) is 2. The van der Waals surface area contributed by atoms with E-state index in [9.17, 15) is 4.39 Å². The Morgan fingerprint density at radius 3 is 2.75 bits per heavy atom. The van der Waals surface area contributed by atoms with Gasteiger partial charge in [-0.1, -0.05) is 43.7 Å². The molecule has 3 heteroatoms. The highest BCUT2D eigenvalue weighted by atomic mass is 19.1. The number of nitrogens with one attached hydrogen (secondary N) is 1. The van der Waals surface area contributed by atoms with Gasteiger partial charge >= 0.3 is 0 Å². The first-order chi connectivity index (χ1) is 9.69. The Labute approximate surface area is 122 Å². The minimum atomic E-state index is -0.217. The third-order valence-electron chi connectivity index (χ3n) is 4.38. The number of rotatable bonds is 6. The standard InChI is InChI=1S/C17H27FN2/c1-3-8-16-13-19-17(2,14-20(16)12-7-11-18)15-9-5-4-6-10-15/h4-6,9-10,16,19H,3,7-8,11-14H2,1-2H3. The normalized spacial score (nSPS) is 27.6. The summed E-state index contributed by atoms with van der Waals surface area (Å²) in [4.78, 5) is 2.48. The van der Waals surface area contributed by atoms with Crippen molar-refractivity contribution in [3.05, 3.63) is 35.9 Å². The lowest BCUT2D eigenvalue weighted by Gasteiger charge is -2.46. The quantitative estimate of drug-likeness (QED) is 0.858. The average Bonchev–Trinajstić information content (AvgIpc) is 2.49. The van der Waals surface area contributed by atoms with Gasteiger partial charge in [-0.2, -0.15) is 0 Å². The van der Waals surface area contributed by atoms with Crippen molar-refractivity contribution in [3.63, 3.8) is 0 Å². The SMILES string of the molecule is CCCC1CNC(C)(c2ccccc2)CN1CCCF. The molecular formula is C17H27FN2. The van der Waals surface area contributed by atoms with Crippen LogP contribution in [0.5, 0.6) is 0 Å². The molecule has 20 heavy (non-hydrogen) atoms. The fourth-order valence-corrected chi connectivity index (χ4v) is 3.21. The summed E-state index contributed by atoms with van der Waals surface area (Å²) in [5, 5.41) is 3.72. The van der Waals surface area contributed by atoms with Gasteiger partial charge in [-0.15, -0.1) is 0 Å². The highest BCUT2D eigenvalue weighted by molar-refractivity contribution is 5.25. The lowest BCUT2D eigenvalue weighted by Crippen LogP contribution is -2.61. The Kier molecular flexibility index (Phi) is 5.55. The molecule has 0 radical (unpaired) electrons. The lowest BCUT2D eigenvalue weighted by atomic mass is 9.87. The maximum Gasteiger partial charge on any atom is 0.0906 e. The lowest BCUT2D eigenvalue weighted by molar-refractivity contribution is 0.0772. The van der Waals surface area contributed by atoms with E-state index in [1.165, 1.54) is 18.4 Å². The second-order valence-corrected chi connectivity index (χ2v) is 6.03. The molecule has 1 aliphatic heterocycles. The molecule has 1 heterocycles. The predicted molar refractivity (Wildman–Crippen MR) is 82.7 cm³/mol. The maximum absolute atomic E-state index is 12.5. The summed E-state index contributed by atoms with van der Waals surface area (Å²) in [7, 11) is 0. The zero-order chi connectivity index (χ0) is 14.4. The Morgan fingerprint density at radius 2 is 2.10 bits per heavy atom. The largest absolute Gasteiger partial charge is 0.305 e. The summed E-state index contributed by atoms with van der Waals surface area (Å²) in [5.74, 6) is 0. The molecule has 1 aliphatic rings. The number of benzene rings is 1. The molecule has 1 saturated heterocycles. The van der Waals surface area contributed by atoms with Crippen molar-refractivity contribution < 1.29 is 4.39 Å². The van der Waals surface area contributed by atoms with Gasteiger partial charge in [-0.05, 0) is 25.3 Å². The van der Waals surface area contributed by atoms with Crippen LogP contribution in [0.1, 0.15) is 38.7 Å². The number of hydrogen-bond donors (Lipinski definition) is 1. The van der Waals surface area contributed by atoms with Crippen LogP contribution in [0.3, 0.4) is 0 Å². The fraction of sp³-hybridized carbons (Fsp3) is 0.647. The monoisotopic (exact) mass is 278 g/mol. The van der Waals surface area contributed by atoms with E-state index >= 15 is 0 Å². The fourth-order valence-electron chi connectivity index (χ4n) is 3.21. The van der Waals surface area contributed by atoms with Crippen LogP contribution in [0.15, 0.2) is 30.3 Å². The molecule has 0 bridgehead atoms. The molecule has 2 rings (SSSR count). The summed E-state index contributed by atoms with van der Waals surface area (Å²) in [5.41, 5.74) is 1.29. The van der Waals surface area contributed by atoms with Crippen molar-refractivity contribution in [3.8, 4) is 0 Å². The first kappa shape index (κ1) is 15.5. The molecule has 0 aromatic heterocycles. The zero-order valence-electron chi connectivity index (χ0n) is 12.7. The third kappa shape index (κ3) is 3.58. The van der Waals surface area contributed by atoms with Crippen LogP contribution in [0, 0.1) is 0 Å². The van der Waals surface area contributed by atoms with Crippen molar-refractivity contribution in [2.24, 2.45) is 0 Å². The molecule has 0 amide bonds. The van der Waals surface area contributed by atoms with Gasteiger partial charge in [0.15, 0.2) is 0 Å². The van der Waals surface area contributed by atoms with Gasteiger partial charge in [-0.25, -0.2) is 0 Å². The van der Waals surface area contributed by atoms with E-state index in [1.54, 1.807) is 0 Å². The van der Waals surface area contributed by atoms with Crippen molar-refractivity contribution >= 4 is 0 Å². The van der Waals surface area contributed by atoms with Gasteiger partial charge in [0.25, 0.3) is 0 Å². The number of piperazine rings is 1. The molecule has 2 unspecified atom stereocenters. The van der Waals surface area contributed by atoms with Crippen molar-refractivity contribution in [1.82, 2.24) is 10.2 Å². The summed E-state index contributed by atoms with van der Waals surface area (Å²) < 4.78 is 12.5. The Bertz CT molecular complexity index is 395. The van der Waals surface area contributed by atoms with Crippen LogP contribution in [0.4, 0.5) is 4.39 Å². The molecule has 2 nitrogen and oxygen atoms in total.